The van der Waals surface area contributed by atoms with E-state index in [-0.39, 0.29) is 11.8 Å². The molecule has 5 nitrogen and oxygen atoms in total. The number of rotatable bonds is 2. The first-order chi connectivity index (χ1) is 7.91. The summed E-state index contributed by atoms with van der Waals surface area (Å²) in [6.07, 6.45) is -2.28. The quantitative estimate of drug-likeness (QED) is 0.780. The molecule has 1 heterocycles. The van der Waals surface area contributed by atoms with E-state index in [2.05, 4.69) is 9.82 Å². The molecule has 8 heteroatoms. The molecule has 0 saturated heterocycles. The average molecular weight is 245 g/mol. The summed E-state index contributed by atoms with van der Waals surface area (Å²) in [4.78, 5) is 18.3. The number of nitrogens with zero attached hydrogens (tertiary/aromatic N) is 3. The molecular weight excluding hydrogens is 239 g/mol. The lowest BCUT2D eigenvalue weighted by molar-refractivity contribution is -0.199. The highest BCUT2D eigenvalue weighted by Gasteiger charge is 2.43. The second kappa shape index (κ2) is 3.76. The predicted octanol–water partition coefficient (Wildman–Crippen LogP) is 1.03. The Morgan fingerprint density at radius 2 is 2.35 bits per heavy atom. The van der Waals surface area contributed by atoms with Crippen LogP contribution in [0.25, 0.3) is 0 Å². The lowest BCUT2D eigenvalue weighted by Gasteiger charge is -2.05. The summed E-state index contributed by atoms with van der Waals surface area (Å²) in [5.74, 6) is -2.54. The fraction of sp³-hybridized carbons (Fsp3) is 0.444. The van der Waals surface area contributed by atoms with Crippen LogP contribution < -0.4 is 4.84 Å². The van der Waals surface area contributed by atoms with Gasteiger partial charge in [-0.1, -0.05) is 0 Å². The van der Waals surface area contributed by atoms with E-state index in [9.17, 15) is 18.0 Å². The van der Waals surface area contributed by atoms with E-state index >= 15 is 0 Å². The minimum Gasteiger partial charge on any atom is -0.327 e. The summed E-state index contributed by atoms with van der Waals surface area (Å²) in [6.45, 7) is 0. The van der Waals surface area contributed by atoms with Crippen LogP contribution in [0.1, 0.15) is 18.0 Å². The zero-order valence-corrected chi connectivity index (χ0v) is 8.31. The van der Waals surface area contributed by atoms with Gasteiger partial charge in [-0.15, -0.1) is 0 Å². The number of halogens is 3. The maximum absolute atomic E-state index is 11.9. The van der Waals surface area contributed by atoms with E-state index in [1.807, 2.05) is 6.07 Å². The highest BCUT2D eigenvalue weighted by atomic mass is 19.4. The highest BCUT2D eigenvalue weighted by Crippen LogP contribution is 2.45. The van der Waals surface area contributed by atoms with Crippen LogP contribution in [0, 0.1) is 17.2 Å². The fourth-order valence-electron chi connectivity index (χ4n) is 1.37. The Kier molecular flexibility index (Phi) is 2.53. The largest absolute Gasteiger partial charge is 0.493 e. The second-order valence-electron chi connectivity index (χ2n) is 3.61. The third-order valence-electron chi connectivity index (χ3n) is 2.34. The van der Waals surface area contributed by atoms with E-state index in [1.54, 1.807) is 0 Å². The minimum atomic E-state index is -5.04. The summed E-state index contributed by atoms with van der Waals surface area (Å²) < 4.78 is 36.2. The Labute approximate surface area is 93.4 Å². The van der Waals surface area contributed by atoms with Gasteiger partial charge >= 0.3 is 12.1 Å². The van der Waals surface area contributed by atoms with Gasteiger partial charge in [-0.2, -0.15) is 23.2 Å². The first-order valence-electron chi connectivity index (χ1n) is 4.65. The third kappa shape index (κ3) is 2.38. The number of hydrogen-bond donors (Lipinski definition) is 0. The molecule has 0 radical (unpaired) electrons. The molecule has 1 fully saturated rings. The number of hydrogen-bond acceptors (Lipinski definition) is 4. The van der Waals surface area contributed by atoms with Crippen molar-refractivity contribution >= 4 is 5.97 Å². The standard InChI is InChI=1S/C9H6F3N3O2/c10-9(11,12)8(16)17-15-3-7(14-4-15)6-1-5(6)2-13/h3-6H,1H2. The van der Waals surface area contributed by atoms with Gasteiger partial charge in [0.1, 0.15) is 6.33 Å². The maximum atomic E-state index is 11.9. The van der Waals surface area contributed by atoms with E-state index < -0.39 is 12.1 Å². The average Bonchev–Trinajstić information content (AvgIpc) is 2.90. The monoisotopic (exact) mass is 245 g/mol. The van der Waals surface area contributed by atoms with Gasteiger partial charge in [0.25, 0.3) is 0 Å². The summed E-state index contributed by atoms with van der Waals surface area (Å²) in [5.41, 5.74) is 0.450. The summed E-state index contributed by atoms with van der Waals surface area (Å²) >= 11 is 0. The van der Waals surface area contributed by atoms with Gasteiger partial charge in [-0.05, 0) is 6.42 Å². The Morgan fingerprint density at radius 3 is 2.88 bits per heavy atom. The molecule has 1 aromatic rings. The maximum Gasteiger partial charge on any atom is 0.493 e. The van der Waals surface area contributed by atoms with Crippen LogP contribution in [-0.2, 0) is 4.79 Å². The van der Waals surface area contributed by atoms with Gasteiger partial charge in [-0.3, -0.25) is 0 Å². The zero-order valence-electron chi connectivity index (χ0n) is 8.31. The molecule has 1 aliphatic carbocycles. The van der Waals surface area contributed by atoms with Crippen molar-refractivity contribution in [2.24, 2.45) is 5.92 Å². The van der Waals surface area contributed by atoms with E-state index in [4.69, 9.17) is 5.26 Å². The Hall–Kier alpha value is -2.04. The SMILES string of the molecule is N#CC1CC1c1cn(OC(=O)C(F)(F)F)cn1. The van der Waals surface area contributed by atoms with E-state index in [0.717, 1.165) is 6.33 Å². The molecule has 0 N–H and O–H groups in total. The number of imidazole rings is 1. The van der Waals surface area contributed by atoms with Crippen LogP contribution >= 0.6 is 0 Å². The van der Waals surface area contributed by atoms with Gasteiger partial charge in [0.2, 0.25) is 0 Å². The lowest BCUT2D eigenvalue weighted by atomic mass is 10.3. The van der Waals surface area contributed by atoms with Crippen molar-refractivity contribution < 1.29 is 22.8 Å². The van der Waals surface area contributed by atoms with Gasteiger partial charge in [0.05, 0.1) is 23.9 Å². The molecule has 90 valence electrons. The van der Waals surface area contributed by atoms with Crippen LogP contribution in [0.2, 0.25) is 0 Å². The number of carbonyl (C=O) groups is 1. The first-order valence-corrected chi connectivity index (χ1v) is 4.65. The Balaban J connectivity index is 2.01. The molecule has 0 aliphatic heterocycles. The molecule has 0 aromatic carbocycles. The lowest BCUT2D eigenvalue weighted by Crippen LogP contribution is -2.32. The summed E-state index contributed by atoms with van der Waals surface area (Å²) in [6, 6.07) is 2.02. The molecule has 0 bridgehead atoms. The molecule has 17 heavy (non-hydrogen) atoms. The molecule has 2 atom stereocenters. The predicted molar refractivity (Wildman–Crippen MR) is 46.3 cm³/mol. The third-order valence-corrected chi connectivity index (χ3v) is 2.34. The molecule has 0 spiro atoms. The smallest absolute Gasteiger partial charge is 0.327 e. The van der Waals surface area contributed by atoms with Crippen LogP contribution in [-0.4, -0.2) is 21.9 Å². The van der Waals surface area contributed by atoms with Crippen molar-refractivity contribution in [1.29, 1.82) is 5.26 Å². The normalized spacial score (nSPS) is 22.9. The molecule has 1 aliphatic rings. The van der Waals surface area contributed by atoms with Crippen LogP contribution in [0.3, 0.4) is 0 Å². The minimum absolute atomic E-state index is 0.0779. The van der Waals surface area contributed by atoms with Crippen LogP contribution in [0.4, 0.5) is 13.2 Å². The summed E-state index contributed by atoms with van der Waals surface area (Å²) in [7, 11) is 0. The number of alkyl halides is 3. The van der Waals surface area contributed by atoms with Crippen molar-refractivity contribution in [3.63, 3.8) is 0 Å². The highest BCUT2D eigenvalue weighted by molar-refractivity contribution is 5.75. The second-order valence-corrected chi connectivity index (χ2v) is 3.61. The molecule has 2 unspecified atom stereocenters. The Bertz CT molecular complexity index is 488. The van der Waals surface area contributed by atoms with Gasteiger partial charge in [0, 0.05) is 5.92 Å². The number of nitriles is 1. The molecule has 2 rings (SSSR count). The number of aromatic nitrogens is 2. The van der Waals surface area contributed by atoms with Crippen molar-refractivity contribution in [2.45, 2.75) is 18.5 Å². The number of carbonyl (C=O) groups excluding carboxylic acids is 1. The van der Waals surface area contributed by atoms with Gasteiger partial charge < -0.3 is 4.84 Å². The van der Waals surface area contributed by atoms with Crippen LogP contribution in [0.5, 0.6) is 0 Å². The Morgan fingerprint density at radius 1 is 1.65 bits per heavy atom. The molecular formula is C9H6F3N3O2. The van der Waals surface area contributed by atoms with E-state index in [0.29, 0.717) is 16.8 Å². The molecule has 0 amide bonds. The van der Waals surface area contributed by atoms with Crippen molar-refractivity contribution in [3.8, 4) is 6.07 Å². The van der Waals surface area contributed by atoms with Crippen molar-refractivity contribution in [3.05, 3.63) is 18.2 Å². The van der Waals surface area contributed by atoms with Crippen LogP contribution in [0.15, 0.2) is 12.5 Å². The first kappa shape index (κ1) is 11.4. The fourth-order valence-corrected chi connectivity index (χ4v) is 1.37. The topological polar surface area (TPSA) is 67.9 Å². The molecule has 1 aromatic heterocycles. The van der Waals surface area contributed by atoms with Gasteiger partial charge in [0.15, 0.2) is 0 Å². The van der Waals surface area contributed by atoms with Gasteiger partial charge in [-0.25, -0.2) is 9.78 Å². The van der Waals surface area contributed by atoms with Crippen molar-refractivity contribution in [1.82, 2.24) is 9.71 Å². The van der Waals surface area contributed by atoms with E-state index in [1.165, 1.54) is 6.20 Å². The van der Waals surface area contributed by atoms with Crippen molar-refractivity contribution in [2.75, 3.05) is 0 Å². The zero-order chi connectivity index (χ0) is 12.6. The molecule has 1 saturated carbocycles. The summed E-state index contributed by atoms with van der Waals surface area (Å²) in [5, 5.41) is 8.58.